The summed E-state index contributed by atoms with van der Waals surface area (Å²) in [6.45, 7) is 12.2. The standard InChI is InChI=1S/C17H18.C2H6/c1-4-15-13(2)10-8-12-17(15)16-11-7-5-6-9-14(16)3;1-2/h4-5,7-12H,1,6H2,2-3H3;1-2H3. The summed E-state index contributed by atoms with van der Waals surface area (Å²) in [5, 5.41) is 0. The van der Waals surface area contributed by atoms with Gasteiger partial charge in [-0.2, -0.15) is 0 Å². The smallest absolute Gasteiger partial charge is 0.0106 e. The van der Waals surface area contributed by atoms with E-state index in [1.54, 1.807) is 0 Å². The van der Waals surface area contributed by atoms with Crippen LogP contribution in [-0.4, -0.2) is 0 Å². The van der Waals surface area contributed by atoms with Crippen LogP contribution >= 0.6 is 0 Å². The van der Waals surface area contributed by atoms with E-state index in [1.165, 1.54) is 27.8 Å². The second kappa shape index (κ2) is 7.58. The third-order valence-corrected chi connectivity index (χ3v) is 3.20. The van der Waals surface area contributed by atoms with Gasteiger partial charge in [0.2, 0.25) is 0 Å². The summed E-state index contributed by atoms with van der Waals surface area (Å²) >= 11 is 0. The predicted molar refractivity (Wildman–Crippen MR) is 88.1 cm³/mol. The maximum absolute atomic E-state index is 3.93. The highest BCUT2D eigenvalue weighted by atomic mass is 14.1. The Hall–Kier alpha value is -1.82. The van der Waals surface area contributed by atoms with E-state index in [0.29, 0.717) is 0 Å². The molecule has 0 fully saturated rings. The lowest BCUT2D eigenvalue weighted by molar-refractivity contribution is 1.34. The zero-order valence-electron chi connectivity index (χ0n) is 12.5. The molecule has 1 aliphatic carbocycles. The third-order valence-electron chi connectivity index (χ3n) is 3.20. The molecule has 0 atom stereocenters. The van der Waals surface area contributed by atoms with Gasteiger partial charge in [-0.1, -0.05) is 69.0 Å². The van der Waals surface area contributed by atoms with Crippen molar-refractivity contribution in [3.8, 4) is 0 Å². The van der Waals surface area contributed by atoms with E-state index in [0.717, 1.165) is 6.42 Å². The monoisotopic (exact) mass is 252 g/mol. The van der Waals surface area contributed by atoms with Gasteiger partial charge in [-0.3, -0.25) is 0 Å². The van der Waals surface area contributed by atoms with Crippen LogP contribution in [-0.2, 0) is 0 Å². The summed E-state index contributed by atoms with van der Waals surface area (Å²) in [4.78, 5) is 0. The second-order valence-corrected chi connectivity index (χ2v) is 4.37. The molecule has 19 heavy (non-hydrogen) atoms. The Morgan fingerprint density at radius 1 is 1.16 bits per heavy atom. The van der Waals surface area contributed by atoms with Gasteiger partial charge < -0.3 is 0 Å². The van der Waals surface area contributed by atoms with Crippen LogP contribution in [0.4, 0.5) is 0 Å². The highest BCUT2D eigenvalue weighted by molar-refractivity contribution is 5.85. The van der Waals surface area contributed by atoms with Gasteiger partial charge in [-0.25, -0.2) is 0 Å². The average molecular weight is 252 g/mol. The van der Waals surface area contributed by atoms with E-state index >= 15 is 0 Å². The number of benzene rings is 1. The first-order valence-electron chi connectivity index (χ1n) is 7.00. The number of rotatable bonds is 2. The molecule has 0 spiro atoms. The Bertz CT molecular complexity index is 525. The highest BCUT2D eigenvalue weighted by Crippen LogP contribution is 2.30. The van der Waals surface area contributed by atoms with Gasteiger partial charge >= 0.3 is 0 Å². The molecule has 0 aliphatic heterocycles. The number of aryl methyl sites for hydroxylation is 1. The van der Waals surface area contributed by atoms with Gasteiger partial charge in [-0.05, 0) is 48.1 Å². The van der Waals surface area contributed by atoms with E-state index in [1.807, 2.05) is 19.9 Å². The van der Waals surface area contributed by atoms with Gasteiger partial charge in [0, 0.05) is 0 Å². The molecule has 0 N–H and O–H groups in total. The van der Waals surface area contributed by atoms with E-state index in [2.05, 4.69) is 62.9 Å². The molecule has 0 heterocycles. The van der Waals surface area contributed by atoms with Crippen molar-refractivity contribution in [2.24, 2.45) is 0 Å². The van der Waals surface area contributed by atoms with Crippen molar-refractivity contribution in [2.75, 3.05) is 0 Å². The van der Waals surface area contributed by atoms with Crippen LogP contribution in [0.1, 0.15) is 43.9 Å². The van der Waals surface area contributed by atoms with Crippen LogP contribution < -0.4 is 0 Å². The van der Waals surface area contributed by atoms with Crippen LogP contribution in [0.5, 0.6) is 0 Å². The van der Waals surface area contributed by atoms with Crippen molar-refractivity contribution < 1.29 is 0 Å². The van der Waals surface area contributed by atoms with Crippen LogP contribution in [0.15, 0.2) is 54.7 Å². The zero-order valence-corrected chi connectivity index (χ0v) is 12.5. The summed E-state index contributed by atoms with van der Waals surface area (Å²) in [5.41, 5.74) is 6.43. The molecule has 2 rings (SSSR count). The Kier molecular flexibility index (Phi) is 6.08. The number of allylic oxidation sites excluding steroid dienone is 6. The van der Waals surface area contributed by atoms with E-state index < -0.39 is 0 Å². The van der Waals surface area contributed by atoms with Crippen LogP contribution in [0.3, 0.4) is 0 Å². The molecule has 0 unspecified atom stereocenters. The normalized spacial score (nSPS) is 13.7. The number of hydrogen-bond donors (Lipinski definition) is 0. The molecule has 0 bridgehead atoms. The minimum atomic E-state index is 1.01. The fraction of sp³-hybridized carbons (Fsp3) is 0.263. The molecule has 1 aromatic rings. The molecule has 1 aromatic carbocycles. The Balaban J connectivity index is 0.000000861. The first kappa shape index (κ1) is 15.2. The Labute approximate surface area is 117 Å². The molecule has 0 aromatic heterocycles. The van der Waals surface area contributed by atoms with Gasteiger partial charge in [0.15, 0.2) is 0 Å². The first-order valence-corrected chi connectivity index (χ1v) is 7.00. The van der Waals surface area contributed by atoms with Crippen molar-refractivity contribution in [2.45, 2.75) is 34.1 Å². The fourth-order valence-corrected chi connectivity index (χ4v) is 2.22. The summed E-state index contributed by atoms with van der Waals surface area (Å²) in [6, 6.07) is 6.42. The van der Waals surface area contributed by atoms with Gasteiger partial charge in [0.05, 0.1) is 0 Å². The molecular weight excluding hydrogens is 228 g/mol. The van der Waals surface area contributed by atoms with Crippen molar-refractivity contribution >= 4 is 11.6 Å². The van der Waals surface area contributed by atoms with Gasteiger partial charge in [-0.15, -0.1) is 0 Å². The Morgan fingerprint density at radius 2 is 1.89 bits per heavy atom. The van der Waals surface area contributed by atoms with Crippen molar-refractivity contribution in [3.63, 3.8) is 0 Å². The maximum Gasteiger partial charge on any atom is -0.0106 e. The summed E-state index contributed by atoms with van der Waals surface area (Å²) in [7, 11) is 0. The van der Waals surface area contributed by atoms with Crippen molar-refractivity contribution in [1.82, 2.24) is 0 Å². The molecule has 0 heteroatoms. The quantitative estimate of drug-likeness (QED) is 0.609. The van der Waals surface area contributed by atoms with E-state index in [4.69, 9.17) is 0 Å². The van der Waals surface area contributed by atoms with Gasteiger partial charge in [0.1, 0.15) is 0 Å². The predicted octanol–water partition coefficient (Wildman–Crippen LogP) is 5.95. The van der Waals surface area contributed by atoms with Crippen LogP contribution in [0.25, 0.3) is 11.6 Å². The largest absolute Gasteiger partial charge is 0.0984 e. The second-order valence-electron chi connectivity index (χ2n) is 4.37. The van der Waals surface area contributed by atoms with Gasteiger partial charge in [0.25, 0.3) is 0 Å². The summed E-state index contributed by atoms with van der Waals surface area (Å²) in [5.74, 6) is 0. The van der Waals surface area contributed by atoms with Crippen LogP contribution in [0, 0.1) is 6.92 Å². The molecule has 0 saturated carbocycles. The van der Waals surface area contributed by atoms with Crippen molar-refractivity contribution in [3.05, 3.63) is 71.3 Å². The summed E-state index contributed by atoms with van der Waals surface area (Å²) in [6.07, 6.45) is 11.7. The molecule has 100 valence electrons. The summed E-state index contributed by atoms with van der Waals surface area (Å²) < 4.78 is 0. The minimum Gasteiger partial charge on any atom is -0.0984 e. The average Bonchev–Trinajstić information content (AvgIpc) is 2.65. The Morgan fingerprint density at radius 3 is 2.58 bits per heavy atom. The third kappa shape index (κ3) is 3.57. The molecule has 0 radical (unpaired) electrons. The molecule has 0 saturated heterocycles. The SMILES string of the molecule is C=Cc1c(C)cccc1C1=CC=CCC=C1C.CC. The molecular formula is C19H24. The molecule has 1 aliphatic rings. The van der Waals surface area contributed by atoms with Crippen molar-refractivity contribution in [1.29, 1.82) is 0 Å². The lowest BCUT2D eigenvalue weighted by atomic mass is 9.92. The topological polar surface area (TPSA) is 0 Å². The zero-order chi connectivity index (χ0) is 14.3. The first-order chi connectivity index (χ1) is 9.24. The van der Waals surface area contributed by atoms with Crippen LogP contribution in [0.2, 0.25) is 0 Å². The number of hydrogen-bond acceptors (Lipinski definition) is 0. The lowest BCUT2D eigenvalue weighted by Gasteiger charge is -2.13. The van der Waals surface area contributed by atoms with E-state index in [-0.39, 0.29) is 0 Å². The molecule has 0 nitrogen and oxygen atoms in total. The minimum absolute atomic E-state index is 1.01. The molecule has 0 amide bonds. The van der Waals surface area contributed by atoms with E-state index in [9.17, 15) is 0 Å². The fourth-order valence-electron chi connectivity index (χ4n) is 2.22. The maximum atomic E-state index is 3.93. The lowest BCUT2D eigenvalue weighted by Crippen LogP contribution is -1.93. The highest BCUT2D eigenvalue weighted by Gasteiger charge is 2.09.